The van der Waals surface area contributed by atoms with Crippen molar-refractivity contribution in [1.29, 1.82) is 0 Å². The summed E-state index contributed by atoms with van der Waals surface area (Å²) in [5.74, 6) is 0.968. The molecule has 1 heterocycles. The van der Waals surface area contributed by atoms with Gasteiger partial charge in [0, 0.05) is 25.2 Å². The van der Waals surface area contributed by atoms with Crippen LogP contribution < -0.4 is 10.6 Å². The van der Waals surface area contributed by atoms with Gasteiger partial charge in [-0.1, -0.05) is 0 Å². The Kier molecular flexibility index (Phi) is 3.10. The van der Waals surface area contributed by atoms with E-state index >= 15 is 0 Å². The lowest BCUT2D eigenvalue weighted by Crippen LogP contribution is -2.38. The molecule has 1 aromatic heterocycles. The summed E-state index contributed by atoms with van der Waals surface area (Å²) in [5.41, 5.74) is 9.12. The van der Waals surface area contributed by atoms with Gasteiger partial charge < -0.3 is 10.6 Å². The molecule has 0 unspecified atom stereocenters. The van der Waals surface area contributed by atoms with E-state index in [9.17, 15) is 0 Å². The number of aryl methyl sites for hydroxylation is 1. The van der Waals surface area contributed by atoms with Gasteiger partial charge in [-0.05, 0) is 38.7 Å². The van der Waals surface area contributed by atoms with E-state index in [-0.39, 0.29) is 0 Å². The number of nitrogens with zero attached hydrogens (tertiary/aromatic N) is 3. The molecular weight excluding hydrogens is 200 g/mol. The fourth-order valence-corrected chi connectivity index (χ4v) is 2.12. The maximum Gasteiger partial charge on any atom is 0.156 e. The Hall–Kier alpha value is -1.16. The Morgan fingerprint density at radius 2 is 2.00 bits per heavy atom. The van der Waals surface area contributed by atoms with Crippen LogP contribution in [0.2, 0.25) is 0 Å². The highest BCUT2D eigenvalue weighted by molar-refractivity contribution is 5.51. The van der Waals surface area contributed by atoms with Crippen LogP contribution in [0.1, 0.15) is 36.1 Å². The summed E-state index contributed by atoms with van der Waals surface area (Å²) in [6, 6.07) is 0.627. The minimum absolute atomic E-state index is 0.536. The summed E-state index contributed by atoms with van der Waals surface area (Å²) in [5, 5.41) is 8.51. The number of rotatable bonds is 3. The standard InChI is InChI=1S/C12H20N4/c1-8-9(2)14-15-12(11(8)7-13)16(3)10-5-4-6-10/h10H,4-7,13H2,1-3H3. The molecule has 1 fully saturated rings. The zero-order chi connectivity index (χ0) is 11.7. The number of anilines is 1. The molecule has 0 saturated heterocycles. The molecule has 1 aliphatic carbocycles. The largest absolute Gasteiger partial charge is 0.355 e. The number of hydrogen-bond acceptors (Lipinski definition) is 4. The zero-order valence-corrected chi connectivity index (χ0v) is 10.3. The molecule has 2 rings (SSSR count). The molecule has 1 aromatic rings. The first-order valence-corrected chi connectivity index (χ1v) is 5.90. The summed E-state index contributed by atoms with van der Waals surface area (Å²) < 4.78 is 0. The predicted octanol–water partition coefficient (Wildman–Crippen LogP) is 1.54. The number of nitrogens with two attached hydrogens (primary N) is 1. The van der Waals surface area contributed by atoms with E-state index in [0.717, 1.165) is 17.1 Å². The average molecular weight is 220 g/mol. The van der Waals surface area contributed by atoms with E-state index in [1.165, 1.54) is 24.8 Å². The first-order chi connectivity index (χ1) is 7.65. The van der Waals surface area contributed by atoms with Crippen molar-refractivity contribution in [2.75, 3.05) is 11.9 Å². The Morgan fingerprint density at radius 1 is 1.31 bits per heavy atom. The SMILES string of the molecule is Cc1nnc(N(C)C2CCC2)c(CN)c1C. The van der Waals surface area contributed by atoms with Crippen LogP contribution >= 0.6 is 0 Å². The Morgan fingerprint density at radius 3 is 2.50 bits per heavy atom. The summed E-state index contributed by atoms with van der Waals surface area (Å²) in [6.07, 6.45) is 3.84. The molecular formula is C12H20N4. The van der Waals surface area contributed by atoms with Crippen molar-refractivity contribution < 1.29 is 0 Å². The lowest BCUT2D eigenvalue weighted by atomic mass is 9.91. The van der Waals surface area contributed by atoms with E-state index in [0.29, 0.717) is 12.6 Å². The quantitative estimate of drug-likeness (QED) is 0.839. The van der Waals surface area contributed by atoms with Gasteiger partial charge in [0.2, 0.25) is 0 Å². The molecule has 0 aliphatic heterocycles. The Labute approximate surface area is 96.9 Å². The molecule has 16 heavy (non-hydrogen) atoms. The second-order valence-corrected chi connectivity index (χ2v) is 4.61. The van der Waals surface area contributed by atoms with E-state index < -0.39 is 0 Å². The highest BCUT2D eigenvalue weighted by Crippen LogP contribution is 2.29. The van der Waals surface area contributed by atoms with Crippen molar-refractivity contribution in [3.05, 3.63) is 16.8 Å². The molecule has 0 spiro atoms. The fraction of sp³-hybridized carbons (Fsp3) is 0.667. The zero-order valence-electron chi connectivity index (χ0n) is 10.3. The van der Waals surface area contributed by atoms with E-state index in [2.05, 4.69) is 29.1 Å². The van der Waals surface area contributed by atoms with Crippen molar-refractivity contribution in [2.45, 2.75) is 45.7 Å². The third kappa shape index (κ3) is 1.78. The van der Waals surface area contributed by atoms with Gasteiger partial charge in [0.1, 0.15) is 0 Å². The molecule has 0 bridgehead atoms. The minimum atomic E-state index is 0.536. The van der Waals surface area contributed by atoms with Crippen LogP contribution in [0, 0.1) is 13.8 Å². The lowest BCUT2D eigenvalue weighted by molar-refractivity contribution is 0.398. The van der Waals surface area contributed by atoms with Crippen molar-refractivity contribution in [3.63, 3.8) is 0 Å². The summed E-state index contributed by atoms with van der Waals surface area (Å²) in [4.78, 5) is 2.24. The van der Waals surface area contributed by atoms with E-state index in [1.54, 1.807) is 0 Å². The summed E-state index contributed by atoms with van der Waals surface area (Å²) in [7, 11) is 2.10. The topological polar surface area (TPSA) is 55.0 Å². The van der Waals surface area contributed by atoms with Crippen LogP contribution in [0.3, 0.4) is 0 Å². The van der Waals surface area contributed by atoms with Crippen molar-refractivity contribution in [3.8, 4) is 0 Å². The smallest absolute Gasteiger partial charge is 0.156 e. The van der Waals surface area contributed by atoms with Gasteiger partial charge in [-0.2, -0.15) is 5.10 Å². The maximum atomic E-state index is 5.82. The van der Waals surface area contributed by atoms with Gasteiger partial charge in [0.05, 0.1) is 5.69 Å². The monoisotopic (exact) mass is 220 g/mol. The van der Waals surface area contributed by atoms with Crippen molar-refractivity contribution in [2.24, 2.45) is 5.73 Å². The van der Waals surface area contributed by atoms with Gasteiger partial charge >= 0.3 is 0 Å². The van der Waals surface area contributed by atoms with Gasteiger partial charge in [-0.25, -0.2) is 0 Å². The fourth-order valence-electron chi connectivity index (χ4n) is 2.12. The first kappa shape index (κ1) is 11.3. The van der Waals surface area contributed by atoms with Crippen molar-refractivity contribution >= 4 is 5.82 Å². The van der Waals surface area contributed by atoms with E-state index in [4.69, 9.17) is 5.73 Å². The Balaban J connectivity index is 2.35. The molecule has 0 radical (unpaired) electrons. The lowest BCUT2D eigenvalue weighted by Gasteiger charge is -2.36. The van der Waals surface area contributed by atoms with Gasteiger partial charge in [-0.15, -0.1) is 5.10 Å². The van der Waals surface area contributed by atoms with Gasteiger partial charge in [0.25, 0.3) is 0 Å². The molecule has 4 heteroatoms. The summed E-state index contributed by atoms with van der Waals surface area (Å²) >= 11 is 0. The third-order valence-electron chi connectivity index (χ3n) is 3.72. The predicted molar refractivity (Wildman–Crippen MR) is 65.4 cm³/mol. The molecule has 0 aromatic carbocycles. The molecule has 4 nitrogen and oxygen atoms in total. The highest BCUT2D eigenvalue weighted by Gasteiger charge is 2.25. The van der Waals surface area contributed by atoms with Gasteiger partial charge in [0.15, 0.2) is 5.82 Å². The van der Waals surface area contributed by atoms with Crippen LogP contribution in [0.5, 0.6) is 0 Å². The molecule has 0 atom stereocenters. The summed E-state index contributed by atoms with van der Waals surface area (Å²) in [6.45, 7) is 4.59. The normalized spacial score (nSPS) is 16.0. The average Bonchev–Trinajstić information content (AvgIpc) is 2.19. The highest BCUT2D eigenvalue weighted by atomic mass is 15.3. The molecule has 88 valence electrons. The molecule has 2 N–H and O–H groups in total. The van der Waals surface area contributed by atoms with Gasteiger partial charge in [-0.3, -0.25) is 0 Å². The van der Waals surface area contributed by atoms with E-state index in [1.807, 2.05) is 6.92 Å². The maximum absolute atomic E-state index is 5.82. The van der Waals surface area contributed by atoms with Crippen LogP contribution in [0.4, 0.5) is 5.82 Å². The minimum Gasteiger partial charge on any atom is -0.355 e. The number of hydrogen-bond donors (Lipinski definition) is 1. The molecule has 1 saturated carbocycles. The second kappa shape index (κ2) is 4.37. The van der Waals surface area contributed by atoms with Crippen molar-refractivity contribution in [1.82, 2.24) is 10.2 Å². The van der Waals surface area contributed by atoms with Crippen LogP contribution in [-0.4, -0.2) is 23.3 Å². The van der Waals surface area contributed by atoms with Crippen LogP contribution in [0.25, 0.3) is 0 Å². The second-order valence-electron chi connectivity index (χ2n) is 4.61. The first-order valence-electron chi connectivity index (χ1n) is 5.90. The molecule has 1 aliphatic rings. The molecule has 0 amide bonds. The number of aromatic nitrogens is 2. The van der Waals surface area contributed by atoms with Crippen LogP contribution in [-0.2, 0) is 6.54 Å². The third-order valence-corrected chi connectivity index (χ3v) is 3.72. The van der Waals surface area contributed by atoms with Crippen LogP contribution in [0.15, 0.2) is 0 Å². The Bertz CT molecular complexity index is 385.